The third-order valence-electron chi connectivity index (χ3n) is 3.52. The molecule has 0 aliphatic heterocycles. The molecule has 7 heteroatoms. The van der Waals surface area contributed by atoms with Gasteiger partial charge in [0.15, 0.2) is 5.16 Å². The van der Waals surface area contributed by atoms with Crippen LogP contribution in [-0.2, 0) is 11.2 Å². The summed E-state index contributed by atoms with van der Waals surface area (Å²) >= 11 is 1.18. The number of unbranched alkanes of at least 4 members (excludes halogenated alkanes) is 1. The van der Waals surface area contributed by atoms with Gasteiger partial charge in [0, 0.05) is 11.3 Å². The smallest absolute Gasteiger partial charge is 0.254 e. The zero-order valence-corrected chi connectivity index (χ0v) is 15.2. The molecule has 25 heavy (non-hydrogen) atoms. The summed E-state index contributed by atoms with van der Waals surface area (Å²) in [7, 11) is 0. The molecule has 0 aliphatic rings. The summed E-state index contributed by atoms with van der Waals surface area (Å²) in [6.45, 7) is 3.91. The lowest BCUT2D eigenvalue weighted by atomic mass is 10.1. The maximum absolute atomic E-state index is 12.1. The molecule has 1 amide bonds. The van der Waals surface area contributed by atoms with E-state index in [0.29, 0.717) is 5.16 Å². The Balaban J connectivity index is 1.87. The maximum atomic E-state index is 12.1. The number of aromatic nitrogens is 2. The van der Waals surface area contributed by atoms with Crippen LogP contribution < -0.4 is 11.0 Å². The average Bonchev–Trinajstić information content (AvgIpc) is 2.60. The van der Waals surface area contributed by atoms with E-state index in [9.17, 15) is 9.59 Å². The number of carbonyl (C=O) groups excluding carboxylic acids is 1. The van der Waals surface area contributed by atoms with Crippen molar-refractivity contribution in [1.82, 2.24) is 15.4 Å². The third kappa shape index (κ3) is 6.19. The largest absolute Gasteiger partial charge is 0.301 e. The number of carbonyl (C=O) groups is 1. The number of benzene rings is 1. The molecule has 0 bridgehead atoms. The number of aryl methyl sites for hydroxylation is 1. The van der Waals surface area contributed by atoms with E-state index in [0.717, 1.165) is 36.1 Å². The van der Waals surface area contributed by atoms with Crippen molar-refractivity contribution in [3.8, 4) is 0 Å². The summed E-state index contributed by atoms with van der Waals surface area (Å²) < 4.78 is 0. The summed E-state index contributed by atoms with van der Waals surface area (Å²) in [5, 5.41) is 4.36. The molecule has 2 rings (SSSR count). The van der Waals surface area contributed by atoms with Crippen molar-refractivity contribution in [3.05, 3.63) is 57.5 Å². The third-order valence-corrected chi connectivity index (χ3v) is 4.40. The molecular weight excluding hydrogens is 336 g/mol. The molecule has 1 aromatic carbocycles. The summed E-state index contributed by atoms with van der Waals surface area (Å²) in [6, 6.07) is 9.49. The van der Waals surface area contributed by atoms with Gasteiger partial charge in [-0.1, -0.05) is 55.4 Å². The first-order chi connectivity index (χ1) is 12.1. The average molecular weight is 358 g/mol. The Labute approximate surface area is 151 Å². The summed E-state index contributed by atoms with van der Waals surface area (Å²) in [5.41, 5.74) is 4.69. The predicted octanol–water partition coefficient (Wildman–Crippen LogP) is 2.66. The monoisotopic (exact) mass is 358 g/mol. The fourth-order valence-electron chi connectivity index (χ4n) is 2.19. The zero-order chi connectivity index (χ0) is 18.1. The highest BCUT2D eigenvalue weighted by atomic mass is 32.2. The molecule has 0 spiro atoms. The van der Waals surface area contributed by atoms with Gasteiger partial charge in [0.2, 0.25) is 0 Å². The maximum Gasteiger partial charge on any atom is 0.254 e. The number of nitrogens with zero attached hydrogens (tertiary/aromatic N) is 2. The molecule has 0 atom stereocenters. The Kier molecular flexibility index (Phi) is 7.40. The van der Waals surface area contributed by atoms with Gasteiger partial charge in [0.05, 0.1) is 12.0 Å². The molecule has 0 unspecified atom stereocenters. The van der Waals surface area contributed by atoms with Gasteiger partial charge >= 0.3 is 0 Å². The molecule has 0 radical (unpaired) electrons. The van der Waals surface area contributed by atoms with Crippen molar-refractivity contribution in [2.75, 3.05) is 5.75 Å². The van der Waals surface area contributed by atoms with Crippen LogP contribution in [0, 0.1) is 6.92 Å². The summed E-state index contributed by atoms with van der Waals surface area (Å²) in [5.74, 6) is -0.129. The van der Waals surface area contributed by atoms with E-state index in [1.807, 2.05) is 37.3 Å². The van der Waals surface area contributed by atoms with Gasteiger partial charge in [0.25, 0.3) is 11.5 Å². The van der Waals surface area contributed by atoms with E-state index in [4.69, 9.17) is 0 Å². The van der Waals surface area contributed by atoms with Crippen LogP contribution in [-0.4, -0.2) is 27.8 Å². The Morgan fingerprint density at radius 1 is 1.36 bits per heavy atom. The van der Waals surface area contributed by atoms with Crippen LogP contribution in [0.4, 0.5) is 0 Å². The van der Waals surface area contributed by atoms with Gasteiger partial charge in [-0.15, -0.1) is 0 Å². The van der Waals surface area contributed by atoms with Crippen molar-refractivity contribution in [3.63, 3.8) is 0 Å². The van der Waals surface area contributed by atoms with E-state index in [-0.39, 0.29) is 17.2 Å². The van der Waals surface area contributed by atoms with Crippen molar-refractivity contribution in [2.24, 2.45) is 5.10 Å². The molecule has 1 heterocycles. The molecule has 0 saturated heterocycles. The summed E-state index contributed by atoms with van der Waals surface area (Å²) in [6.07, 6.45) is 4.29. The number of hydrazone groups is 1. The lowest BCUT2D eigenvalue weighted by molar-refractivity contribution is -0.118. The van der Waals surface area contributed by atoms with E-state index in [1.165, 1.54) is 11.8 Å². The topological polar surface area (TPSA) is 87.2 Å². The standard InChI is InChI=1S/C18H22N4O2S/c1-3-4-10-15-13(2)20-18(21-17(15)24)25-12-16(23)22-19-11-14-8-6-5-7-9-14/h5-9,11H,3-4,10,12H2,1-2H3,(H,22,23)(H,20,21,24). The second kappa shape index (κ2) is 9.78. The lowest BCUT2D eigenvalue weighted by Crippen LogP contribution is -2.21. The van der Waals surface area contributed by atoms with Crippen molar-refractivity contribution >= 4 is 23.9 Å². The Morgan fingerprint density at radius 2 is 2.12 bits per heavy atom. The van der Waals surface area contributed by atoms with Crippen molar-refractivity contribution in [2.45, 2.75) is 38.3 Å². The molecule has 1 aromatic heterocycles. The molecule has 6 nitrogen and oxygen atoms in total. The number of hydrogen-bond donors (Lipinski definition) is 2. The second-order valence-corrected chi connectivity index (χ2v) is 6.50. The van der Waals surface area contributed by atoms with Crippen molar-refractivity contribution in [1.29, 1.82) is 0 Å². The summed E-state index contributed by atoms with van der Waals surface area (Å²) in [4.78, 5) is 31.0. The van der Waals surface area contributed by atoms with Gasteiger partial charge in [-0.05, 0) is 25.3 Å². The highest BCUT2D eigenvalue weighted by Crippen LogP contribution is 2.13. The Hall–Kier alpha value is -2.41. The molecule has 132 valence electrons. The fraction of sp³-hybridized carbons (Fsp3) is 0.333. The Bertz CT molecular complexity index is 787. The van der Waals surface area contributed by atoms with Gasteiger partial charge in [-0.25, -0.2) is 10.4 Å². The number of nitrogens with one attached hydrogen (secondary N) is 2. The fourth-order valence-corrected chi connectivity index (χ4v) is 2.88. The SMILES string of the molecule is CCCCc1c(C)nc(SCC(=O)NN=Cc2ccccc2)[nH]c1=O. The molecule has 0 saturated carbocycles. The van der Waals surface area contributed by atoms with Crippen LogP contribution >= 0.6 is 11.8 Å². The van der Waals surface area contributed by atoms with E-state index in [1.54, 1.807) is 6.21 Å². The van der Waals surface area contributed by atoms with E-state index in [2.05, 4.69) is 27.4 Å². The normalized spacial score (nSPS) is 11.0. The van der Waals surface area contributed by atoms with Crippen LogP contribution in [0.3, 0.4) is 0 Å². The number of amides is 1. The molecule has 0 aliphatic carbocycles. The van der Waals surface area contributed by atoms with Crippen molar-refractivity contribution < 1.29 is 4.79 Å². The minimum atomic E-state index is -0.257. The molecule has 2 N–H and O–H groups in total. The number of H-pyrrole nitrogens is 1. The van der Waals surface area contributed by atoms with E-state index >= 15 is 0 Å². The van der Waals surface area contributed by atoms with Crippen LogP contribution in [0.15, 0.2) is 45.4 Å². The zero-order valence-electron chi connectivity index (χ0n) is 14.4. The van der Waals surface area contributed by atoms with Crippen LogP contribution in [0.2, 0.25) is 0 Å². The highest BCUT2D eigenvalue weighted by molar-refractivity contribution is 7.99. The van der Waals surface area contributed by atoms with Gasteiger partial charge in [-0.3, -0.25) is 9.59 Å². The number of thioether (sulfide) groups is 1. The number of aromatic amines is 1. The van der Waals surface area contributed by atoms with Crippen LogP contribution in [0.25, 0.3) is 0 Å². The predicted molar refractivity (Wildman–Crippen MR) is 101 cm³/mol. The highest BCUT2D eigenvalue weighted by Gasteiger charge is 2.09. The Morgan fingerprint density at radius 3 is 2.80 bits per heavy atom. The number of hydrogen-bond acceptors (Lipinski definition) is 5. The lowest BCUT2D eigenvalue weighted by Gasteiger charge is -2.06. The minimum absolute atomic E-state index is 0.119. The molecule has 2 aromatic rings. The van der Waals surface area contributed by atoms with Crippen LogP contribution in [0.5, 0.6) is 0 Å². The van der Waals surface area contributed by atoms with E-state index < -0.39 is 0 Å². The first-order valence-corrected chi connectivity index (χ1v) is 9.18. The number of rotatable bonds is 8. The first-order valence-electron chi connectivity index (χ1n) is 8.19. The first kappa shape index (κ1) is 18.9. The van der Waals surface area contributed by atoms with Gasteiger partial charge in [-0.2, -0.15) is 5.10 Å². The van der Waals surface area contributed by atoms with Gasteiger partial charge < -0.3 is 4.98 Å². The molecular formula is C18H22N4O2S. The minimum Gasteiger partial charge on any atom is -0.301 e. The van der Waals surface area contributed by atoms with Gasteiger partial charge in [0.1, 0.15) is 0 Å². The second-order valence-electron chi connectivity index (χ2n) is 5.53. The van der Waals surface area contributed by atoms with Crippen LogP contribution in [0.1, 0.15) is 36.6 Å². The molecule has 0 fully saturated rings. The quantitative estimate of drug-likeness (QED) is 0.329.